The molecule has 1 aliphatic rings. The average molecular weight is 341 g/mol. The topological polar surface area (TPSA) is 92.5 Å². The predicted octanol–water partition coefficient (Wildman–Crippen LogP) is 2.24. The third-order valence-electron chi connectivity index (χ3n) is 4.02. The van der Waals surface area contributed by atoms with E-state index in [1.807, 2.05) is 0 Å². The Morgan fingerprint density at radius 3 is 2.48 bits per heavy atom. The number of amides is 1. The minimum absolute atomic E-state index is 0.176. The number of carbonyl (C=O) groups is 1. The average Bonchev–Trinajstić information content (AvgIpc) is 2.96. The van der Waals surface area contributed by atoms with Crippen molar-refractivity contribution in [2.45, 2.75) is 44.8 Å². The first-order valence-electron chi connectivity index (χ1n) is 7.60. The number of hydrogen-bond donors (Lipinski definition) is 1. The summed E-state index contributed by atoms with van der Waals surface area (Å²) in [6.45, 7) is 9.20. The normalized spacial score (nSPS) is 17.0. The van der Waals surface area contributed by atoms with Crippen LogP contribution in [-0.2, 0) is 14.8 Å². The molecule has 2 heterocycles. The van der Waals surface area contributed by atoms with Gasteiger partial charge in [-0.05, 0) is 39.2 Å². The van der Waals surface area contributed by atoms with Gasteiger partial charge < -0.3 is 9.84 Å². The van der Waals surface area contributed by atoms with E-state index < -0.39 is 20.7 Å². The molecule has 23 heavy (non-hydrogen) atoms. The van der Waals surface area contributed by atoms with E-state index in [0.29, 0.717) is 24.4 Å². The van der Waals surface area contributed by atoms with Gasteiger partial charge in [0, 0.05) is 19.2 Å². The van der Waals surface area contributed by atoms with Gasteiger partial charge in [-0.1, -0.05) is 18.2 Å². The van der Waals surface area contributed by atoms with Crippen LogP contribution < -0.4 is 5.32 Å². The quantitative estimate of drug-likeness (QED) is 0.886. The number of carbonyl (C=O) groups excluding carboxylic acids is 1. The van der Waals surface area contributed by atoms with Crippen molar-refractivity contribution in [2.24, 2.45) is 0 Å². The van der Waals surface area contributed by atoms with Crippen LogP contribution in [-0.4, -0.2) is 41.6 Å². The highest BCUT2D eigenvalue weighted by Gasteiger charge is 2.45. The molecule has 0 spiro atoms. The molecule has 1 aromatic rings. The maximum absolute atomic E-state index is 12.8. The first kappa shape index (κ1) is 17.7. The van der Waals surface area contributed by atoms with E-state index >= 15 is 0 Å². The van der Waals surface area contributed by atoms with Crippen molar-refractivity contribution < 1.29 is 17.7 Å². The van der Waals surface area contributed by atoms with Crippen LogP contribution in [0.1, 0.15) is 45.8 Å². The molecule has 0 aliphatic carbocycles. The van der Waals surface area contributed by atoms with Gasteiger partial charge in [0.2, 0.25) is 15.9 Å². The van der Waals surface area contributed by atoms with Gasteiger partial charge in [-0.25, -0.2) is 12.7 Å². The summed E-state index contributed by atoms with van der Waals surface area (Å²) in [5.74, 6) is -0.0171. The monoisotopic (exact) mass is 341 g/mol. The molecule has 1 aliphatic heterocycles. The van der Waals surface area contributed by atoms with E-state index in [0.717, 1.165) is 19.3 Å². The third kappa shape index (κ3) is 3.48. The minimum atomic E-state index is -3.75. The van der Waals surface area contributed by atoms with Crippen molar-refractivity contribution >= 4 is 27.3 Å². The van der Waals surface area contributed by atoms with E-state index in [1.54, 1.807) is 6.92 Å². The van der Waals surface area contributed by atoms with E-state index in [9.17, 15) is 13.2 Å². The second kappa shape index (κ2) is 6.45. The third-order valence-corrected chi connectivity index (χ3v) is 6.54. The highest BCUT2D eigenvalue weighted by molar-refractivity contribution is 7.91. The first-order chi connectivity index (χ1) is 10.7. The fourth-order valence-electron chi connectivity index (χ4n) is 2.35. The molecule has 128 valence electrons. The molecule has 0 saturated carbocycles. The lowest BCUT2D eigenvalue weighted by Crippen LogP contribution is -2.53. The molecule has 1 aromatic heterocycles. The van der Waals surface area contributed by atoms with Gasteiger partial charge in [0.05, 0.1) is 0 Å². The van der Waals surface area contributed by atoms with E-state index in [2.05, 4.69) is 17.1 Å². The van der Waals surface area contributed by atoms with E-state index in [-0.39, 0.29) is 5.82 Å². The zero-order valence-electron chi connectivity index (χ0n) is 13.8. The Morgan fingerprint density at radius 2 is 1.96 bits per heavy atom. The Labute approximate surface area is 136 Å². The second-order valence-corrected chi connectivity index (χ2v) is 8.77. The van der Waals surface area contributed by atoms with Gasteiger partial charge in [-0.15, -0.1) is 0 Å². The lowest BCUT2D eigenvalue weighted by molar-refractivity contribution is -0.118. The van der Waals surface area contributed by atoms with Gasteiger partial charge in [-0.3, -0.25) is 4.79 Å². The Morgan fingerprint density at radius 1 is 1.35 bits per heavy atom. The number of hydrogen-bond acceptors (Lipinski definition) is 5. The Hall–Kier alpha value is -1.67. The molecule has 2 rings (SSSR count). The summed E-state index contributed by atoms with van der Waals surface area (Å²) in [6.07, 6.45) is 2.66. The van der Waals surface area contributed by atoms with E-state index in [1.165, 1.54) is 24.2 Å². The van der Waals surface area contributed by atoms with Crippen LogP contribution in [0.2, 0.25) is 0 Å². The lowest BCUT2D eigenvalue weighted by atomic mass is 10.2. The van der Waals surface area contributed by atoms with Crippen LogP contribution in [0.25, 0.3) is 5.57 Å². The van der Waals surface area contributed by atoms with Crippen molar-refractivity contribution in [2.75, 3.05) is 18.4 Å². The Bertz CT molecular complexity index is 700. The highest BCUT2D eigenvalue weighted by Crippen LogP contribution is 2.26. The van der Waals surface area contributed by atoms with Crippen molar-refractivity contribution in [3.05, 3.63) is 18.4 Å². The van der Waals surface area contributed by atoms with Crippen molar-refractivity contribution in [1.82, 2.24) is 9.46 Å². The molecular weight excluding hydrogens is 318 g/mol. The number of nitrogens with zero attached hydrogens (tertiary/aromatic N) is 2. The van der Waals surface area contributed by atoms with Crippen LogP contribution in [0.3, 0.4) is 0 Å². The molecule has 0 atom stereocenters. The Balaban J connectivity index is 2.16. The smallest absolute Gasteiger partial charge is 0.247 e. The van der Waals surface area contributed by atoms with Gasteiger partial charge in [0.15, 0.2) is 16.3 Å². The molecule has 8 heteroatoms. The predicted molar refractivity (Wildman–Crippen MR) is 88.3 cm³/mol. The lowest BCUT2D eigenvalue weighted by Gasteiger charge is -2.33. The maximum Gasteiger partial charge on any atom is 0.247 e. The molecule has 1 fully saturated rings. The molecule has 0 aromatic carbocycles. The Kier molecular flexibility index (Phi) is 4.95. The van der Waals surface area contributed by atoms with Gasteiger partial charge in [0.1, 0.15) is 0 Å². The summed E-state index contributed by atoms with van der Waals surface area (Å²) < 4.78 is 30.3. The van der Waals surface area contributed by atoms with Crippen LogP contribution in [0.4, 0.5) is 5.82 Å². The van der Waals surface area contributed by atoms with Crippen molar-refractivity contribution in [1.29, 1.82) is 0 Å². The fraction of sp³-hybridized carbons (Fsp3) is 0.600. The van der Waals surface area contributed by atoms with Gasteiger partial charge in [-0.2, -0.15) is 0 Å². The molecule has 7 nitrogen and oxygen atoms in total. The summed E-state index contributed by atoms with van der Waals surface area (Å²) in [6, 6.07) is 1.52. The van der Waals surface area contributed by atoms with Crippen LogP contribution in [0.5, 0.6) is 0 Å². The fourth-order valence-corrected chi connectivity index (χ4v) is 4.02. The number of aromatic nitrogens is 1. The van der Waals surface area contributed by atoms with E-state index in [4.69, 9.17) is 4.52 Å². The SMILES string of the molecule is C=C(C)c1cc(NC(=O)C(C)(C)S(=O)(=O)N2CCCCC2)no1. The summed E-state index contributed by atoms with van der Waals surface area (Å²) >= 11 is 0. The zero-order chi connectivity index (χ0) is 17.3. The number of nitrogens with one attached hydrogen (secondary N) is 1. The number of anilines is 1. The number of rotatable bonds is 5. The first-order valence-corrected chi connectivity index (χ1v) is 9.04. The molecule has 1 amide bonds. The maximum atomic E-state index is 12.8. The number of piperidine rings is 1. The number of sulfonamides is 1. The molecule has 1 N–H and O–H groups in total. The van der Waals surface area contributed by atoms with Crippen molar-refractivity contribution in [3.8, 4) is 0 Å². The van der Waals surface area contributed by atoms with Crippen molar-refractivity contribution in [3.63, 3.8) is 0 Å². The van der Waals surface area contributed by atoms with Gasteiger partial charge in [0.25, 0.3) is 0 Å². The van der Waals surface area contributed by atoms with Gasteiger partial charge >= 0.3 is 0 Å². The molecule has 0 bridgehead atoms. The van der Waals surface area contributed by atoms with Crippen LogP contribution in [0, 0.1) is 0 Å². The standard InChI is InChI=1S/C15H23N3O4S/c1-11(2)12-10-13(17-22-12)16-14(19)15(3,4)23(20,21)18-8-6-5-7-9-18/h10H,1,5-9H2,2-4H3,(H,16,17,19). The second-order valence-electron chi connectivity index (χ2n) is 6.29. The van der Waals surface area contributed by atoms with Crippen LogP contribution >= 0.6 is 0 Å². The zero-order valence-corrected chi connectivity index (χ0v) is 14.6. The molecule has 0 radical (unpaired) electrons. The molecular formula is C15H23N3O4S. The number of allylic oxidation sites excluding steroid dienone is 1. The molecule has 1 saturated heterocycles. The highest BCUT2D eigenvalue weighted by atomic mass is 32.2. The van der Waals surface area contributed by atoms with Crippen LogP contribution in [0.15, 0.2) is 17.2 Å². The summed E-state index contributed by atoms with van der Waals surface area (Å²) in [4.78, 5) is 12.5. The summed E-state index contributed by atoms with van der Waals surface area (Å²) in [7, 11) is -3.75. The summed E-state index contributed by atoms with van der Waals surface area (Å²) in [5.41, 5.74) is 0.665. The summed E-state index contributed by atoms with van der Waals surface area (Å²) in [5, 5.41) is 6.22. The largest absolute Gasteiger partial charge is 0.354 e. The minimum Gasteiger partial charge on any atom is -0.354 e. The molecule has 0 unspecified atom stereocenters.